The van der Waals surface area contributed by atoms with Crippen molar-refractivity contribution in [2.75, 3.05) is 25.6 Å². The first-order chi connectivity index (χ1) is 10.3. The lowest BCUT2D eigenvalue weighted by Crippen LogP contribution is -2.27. The number of aromatic nitrogens is 2. The normalized spacial score (nSPS) is 10.1. The van der Waals surface area contributed by atoms with Crippen LogP contribution < -0.4 is 10.6 Å². The monoisotopic (exact) mass is 286 g/mol. The molecule has 0 saturated carbocycles. The summed E-state index contributed by atoms with van der Waals surface area (Å²) in [5.41, 5.74) is 2.21. The molecule has 2 heterocycles. The highest BCUT2D eigenvalue weighted by molar-refractivity contribution is 5.94. The number of nitrogens with zero attached hydrogens (tertiary/aromatic N) is 2. The summed E-state index contributed by atoms with van der Waals surface area (Å²) in [7, 11) is 1.59. The molecule has 0 unspecified atom stereocenters. The molecule has 0 atom stereocenters. The van der Waals surface area contributed by atoms with Crippen molar-refractivity contribution in [2.45, 2.75) is 6.54 Å². The minimum Gasteiger partial charge on any atom is -0.383 e. The molecule has 2 N–H and O–H groups in total. The fourth-order valence-corrected chi connectivity index (χ4v) is 1.72. The number of methoxy groups -OCH3 is 1. The minimum absolute atomic E-state index is 0.166. The lowest BCUT2D eigenvalue weighted by atomic mass is 10.2. The van der Waals surface area contributed by atoms with Gasteiger partial charge in [-0.1, -0.05) is 6.07 Å². The Kier molecular flexibility index (Phi) is 5.66. The molecule has 6 heteroatoms. The summed E-state index contributed by atoms with van der Waals surface area (Å²) in [6.45, 7) is 1.54. The predicted octanol–water partition coefficient (Wildman–Crippen LogP) is 1.46. The molecule has 0 bridgehead atoms. The summed E-state index contributed by atoms with van der Waals surface area (Å²) >= 11 is 0. The number of nitrogens with one attached hydrogen (secondary N) is 2. The number of rotatable bonds is 7. The number of pyridine rings is 2. The molecular formula is C15H18N4O2. The van der Waals surface area contributed by atoms with Crippen molar-refractivity contribution in [2.24, 2.45) is 0 Å². The fourth-order valence-electron chi connectivity index (χ4n) is 1.72. The van der Waals surface area contributed by atoms with E-state index >= 15 is 0 Å². The quantitative estimate of drug-likeness (QED) is 0.754. The average Bonchev–Trinajstić information content (AvgIpc) is 2.54. The van der Waals surface area contributed by atoms with Crippen molar-refractivity contribution in [1.82, 2.24) is 15.3 Å². The molecule has 0 spiro atoms. The van der Waals surface area contributed by atoms with E-state index in [1.807, 2.05) is 18.2 Å². The van der Waals surface area contributed by atoms with Crippen LogP contribution in [0.1, 0.15) is 16.1 Å². The van der Waals surface area contributed by atoms with E-state index in [1.165, 1.54) is 6.20 Å². The number of ether oxygens (including phenoxy) is 1. The molecule has 2 aromatic heterocycles. The Bertz CT molecular complexity index is 575. The fraction of sp³-hybridized carbons (Fsp3) is 0.267. The van der Waals surface area contributed by atoms with Crippen LogP contribution in [-0.4, -0.2) is 36.1 Å². The first-order valence-electron chi connectivity index (χ1n) is 6.65. The highest BCUT2D eigenvalue weighted by Gasteiger charge is 2.06. The van der Waals surface area contributed by atoms with E-state index in [-0.39, 0.29) is 5.91 Å². The number of carbonyl (C=O) groups excluding carboxylic acids is 1. The number of carbonyl (C=O) groups is 1. The van der Waals surface area contributed by atoms with Crippen molar-refractivity contribution >= 4 is 11.6 Å². The summed E-state index contributed by atoms with van der Waals surface area (Å²) in [4.78, 5) is 20.2. The van der Waals surface area contributed by atoms with Crippen LogP contribution >= 0.6 is 0 Å². The van der Waals surface area contributed by atoms with Crippen molar-refractivity contribution in [3.63, 3.8) is 0 Å². The van der Waals surface area contributed by atoms with Crippen LogP contribution in [0.15, 0.2) is 42.9 Å². The second-order valence-corrected chi connectivity index (χ2v) is 4.39. The Balaban J connectivity index is 1.92. The van der Waals surface area contributed by atoms with E-state index in [4.69, 9.17) is 4.74 Å². The van der Waals surface area contributed by atoms with Gasteiger partial charge in [0.15, 0.2) is 0 Å². The number of amides is 1. The topological polar surface area (TPSA) is 76.1 Å². The lowest BCUT2D eigenvalue weighted by Gasteiger charge is -2.08. The highest BCUT2D eigenvalue weighted by atomic mass is 16.5. The molecular weight excluding hydrogens is 268 g/mol. The molecule has 0 saturated heterocycles. The molecule has 0 aliphatic rings. The van der Waals surface area contributed by atoms with Crippen LogP contribution in [0.25, 0.3) is 0 Å². The van der Waals surface area contributed by atoms with E-state index < -0.39 is 0 Å². The largest absolute Gasteiger partial charge is 0.383 e. The van der Waals surface area contributed by atoms with Gasteiger partial charge in [0.2, 0.25) is 0 Å². The average molecular weight is 286 g/mol. The molecule has 21 heavy (non-hydrogen) atoms. The smallest absolute Gasteiger partial charge is 0.253 e. The predicted molar refractivity (Wildman–Crippen MR) is 80.0 cm³/mol. The van der Waals surface area contributed by atoms with E-state index in [1.54, 1.807) is 25.6 Å². The van der Waals surface area contributed by atoms with Crippen LogP contribution in [0.2, 0.25) is 0 Å². The first-order valence-corrected chi connectivity index (χ1v) is 6.65. The number of hydrogen-bond acceptors (Lipinski definition) is 5. The standard InChI is InChI=1S/C15H18N4O2/c1-21-7-6-18-15(20)12-8-14(10-16-9-12)19-11-13-4-2-3-5-17-13/h2-5,8-10,19H,6-7,11H2,1H3,(H,18,20). The van der Waals surface area contributed by atoms with Crippen molar-refractivity contribution in [3.05, 3.63) is 54.1 Å². The van der Waals surface area contributed by atoms with Gasteiger partial charge in [0.05, 0.1) is 30.1 Å². The Hall–Kier alpha value is -2.47. The number of hydrogen-bond donors (Lipinski definition) is 2. The van der Waals surface area contributed by atoms with Gasteiger partial charge < -0.3 is 15.4 Å². The SMILES string of the molecule is COCCNC(=O)c1cncc(NCc2ccccn2)c1. The van der Waals surface area contributed by atoms with Crippen LogP contribution in [0, 0.1) is 0 Å². The van der Waals surface area contributed by atoms with Crippen LogP contribution in [0.3, 0.4) is 0 Å². The van der Waals surface area contributed by atoms with Crippen LogP contribution in [0.5, 0.6) is 0 Å². The van der Waals surface area contributed by atoms with Gasteiger partial charge in [-0.2, -0.15) is 0 Å². The van der Waals surface area contributed by atoms with E-state index in [9.17, 15) is 4.79 Å². The molecule has 0 aromatic carbocycles. The van der Waals surface area contributed by atoms with Gasteiger partial charge in [-0.05, 0) is 18.2 Å². The van der Waals surface area contributed by atoms with Gasteiger partial charge in [0, 0.05) is 32.2 Å². The van der Waals surface area contributed by atoms with E-state index in [2.05, 4.69) is 20.6 Å². The zero-order valence-corrected chi connectivity index (χ0v) is 11.9. The maximum absolute atomic E-state index is 11.9. The van der Waals surface area contributed by atoms with Gasteiger partial charge in [0.25, 0.3) is 5.91 Å². The van der Waals surface area contributed by atoms with E-state index in [0.717, 1.165) is 11.4 Å². The van der Waals surface area contributed by atoms with Gasteiger partial charge in [-0.25, -0.2) is 0 Å². The van der Waals surface area contributed by atoms with Crippen LogP contribution in [0.4, 0.5) is 5.69 Å². The second-order valence-electron chi connectivity index (χ2n) is 4.39. The van der Waals surface area contributed by atoms with Gasteiger partial charge in [0.1, 0.15) is 0 Å². The van der Waals surface area contributed by atoms with Gasteiger partial charge in [-0.3, -0.25) is 14.8 Å². The zero-order valence-electron chi connectivity index (χ0n) is 11.9. The molecule has 0 radical (unpaired) electrons. The summed E-state index contributed by atoms with van der Waals surface area (Å²) in [6.07, 6.45) is 4.96. The highest BCUT2D eigenvalue weighted by Crippen LogP contribution is 2.09. The Labute approximate surface area is 123 Å². The maximum atomic E-state index is 11.9. The van der Waals surface area contributed by atoms with Crippen molar-refractivity contribution < 1.29 is 9.53 Å². The van der Waals surface area contributed by atoms with Gasteiger partial charge >= 0.3 is 0 Å². The summed E-state index contributed by atoms with van der Waals surface area (Å²) in [5.74, 6) is -0.166. The zero-order chi connectivity index (χ0) is 14.9. The minimum atomic E-state index is -0.166. The third-order valence-electron chi connectivity index (χ3n) is 2.79. The molecule has 1 amide bonds. The summed E-state index contributed by atoms with van der Waals surface area (Å²) in [6, 6.07) is 7.50. The third kappa shape index (κ3) is 4.85. The van der Waals surface area contributed by atoms with Gasteiger partial charge in [-0.15, -0.1) is 0 Å². The molecule has 0 aliphatic heterocycles. The molecule has 0 fully saturated rings. The van der Waals surface area contributed by atoms with E-state index in [0.29, 0.717) is 25.3 Å². The Morgan fingerprint density at radius 2 is 2.24 bits per heavy atom. The molecule has 110 valence electrons. The first kappa shape index (κ1) is 14.9. The van der Waals surface area contributed by atoms with Crippen molar-refractivity contribution in [1.29, 1.82) is 0 Å². The van der Waals surface area contributed by atoms with Crippen molar-refractivity contribution in [3.8, 4) is 0 Å². The molecule has 2 aromatic rings. The summed E-state index contributed by atoms with van der Waals surface area (Å²) in [5, 5.41) is 5.95. The molecule has 6 nitrogen and oxygen atoms in total. The molecule has 0 aliphatic carbocycles. The number of anilines is 1. The Morgan fingerprint density at radius 1 is 1.33 bits per heavy atom. The van der Waals surface area contributed by atoms with Crippen LogP contribution in [-0.2, 0) is 11.3 Å². The Morgan fingerprint density at radius 3 is 3.00 bits per heavy atom. The summed E-state index contributed by atoms with van der Waals surface area (Å²) < 4.78 is 4.89. The third-order valence-corrected chi connectivity index (χ3v) is 2.79. The maximum Gasteiger partial charge on any atom is 0.253 e. The molecule has 2 rings (SSSR count). The second kappa shape index (κ2) is 7.96. The lowest BCUT2D eigenvalue weighted by molar-refractivity contribution is 0.0937.